The molecule has 0 aliphatic heterocycles. The molecule has 0 saturated heterocycles. The van der Waals surface area contributed by atoms with Crippen molar-refractivity contribution in [3.63, 3.8) is 0 Å². The summed E-state index contributed by atoms with van der Waals surface area (Å²) >= 11 is 0. The number of carbonyl (C=O) groups is 3. The van der Waals surface area contributed by atoms with E-state index in [0.29, 0.717) is 11.1 Å². The molecular weight excluding hydrogens is 406 g/mol. The van der Waals surface area contributed by atoms with E-state index in [4.69, 9.17) is 10.8 Å². The number of benzene rings is 2. The lowest BCUT2D eigenvalue weighted by Gasteiger charge is -2.23. The van der Waals surface area contributed by atoms with Gasteiger partial charge in [-0.15, -0.1) is 0 Å². The summed E-state index contributed by atoms with van der Waals surface area (Å²) in [6, 6.07) is 8.10. The van der Waals surface area contributed by atoms with Crippen molar-refractivity contribution in [2.75, 3.05) is 6.61 Å². The number of phenols is 2. The third-order valence-electron chi connectivity index (χ3n) is 4.53. The predicted molar refractivity (Wildman–Crippen MR) is 110 cm³/mol. The van der Waals surface area contributed by atoms with Gasteiger partial charge in [-0.25, -0.2) is 4.79 Å². The van der Waals surface area contributed by atoms with E-state index in [-0.39, 0.29) is 24.3 Å². The third kappa shape index (κ3) is 7.28. The van der Waals surface area contributed by atoms with Gasteiger partial charge in [0.25, 0.3) is 0 Å². The highest BCUT2D eigenvalue weighted by Gasteiger charge is 2.28. The molecule has 0 unspecified atom stereocenters. The maximum Gasteiger partial charge on any atom is 0.326 e. The number of hydrogen-bond acceptors (Lipinski definition) is 7. The molecule has 0 radical (unpaired) electrons. The van der Waals surface area contributed by atoms with Crippen LogP contribution in [0.1, 0.15) is 11.1 Å². The Labute approximate surface area is 178 Å². The van der Waals surface area contributed by atoms with Crippen LogP contribution < -0.4 is 16.4 Å². The van der Waals surface area contributed by atoms with E-state index in [1.807, 2.05) is 0 Å². The van der Waals surface area contributed by atoms with Gasteiger partial charge in [-0.1, -0.05) is 24.3 Å². The summed E-state index contributed by atoms with van der Waals surface area (Å²) < 4.78 is 0. The number of phenolic OH excluding ortho intramolecular Hbond substituents is 2. The van der Waals surface area contributed by atoms with Gasteiger partial charge < -0.3 is 36.8 Å². The molecule has 0 aliphatic carbocycles. The molecule has 2 aromatic rings. The van der Waals surface area contributed by atoms with Crippen LogP contribution in [0, 0.1) is 0 Å². The normalized spacial score (nSPS) is 13.6. The van der Waals surface area contributed by atoms with E-state index in [2.05, 4.69) is 10.6 Å². The summed E-state index contributed by atoms with van der Waals surface area (Å²) in [7, 11) is 0. The van der Waals surface area contributed by atoms with E-state index in [0.717, 1.165) is 0 Å². The fraction of sp³-hybridized carbons (Fsp3) is 0.286. The van der Waals surface area contributed by atoms with E-state index in [1.54, 1.807) is 12.1 Å². The second kappa shape index (κ2) is 11.0. The van der Waals surface area contributed by atoms with E-state index < -0.39 is 42.5 Å². The van der Waals surface area contributed by atoms with Gasteiger partial charge in [0.05, 0.1) is 6.61 Å². The molecule has 0 aliphatic rings. The van der Waals surface area contributed by atoms with Crippen LogP contribution >= 0.6 is 0 Å². The molecule has 2 rings (SSSR count). The average Bonchev–Trinajstić information content (AvgIpc) is 2.74. The maximum atomic E-state index is 12.8. The number of aliphatic hydroxyl groups is 1. The van der Waals surface area contributed by atoms with Crippen LogP contribution in [0.5, 0.6) is 11.5 Å². The monoisotopic (exact) mass is 431 g/mol. The minimum Gasteiger partial charge on any atom is -0.508 e. The number of carboxylic acids is 1. The summed E-state index contributed by atoms with van der Waals surface area (Å²) in [4.78, 5) is 36.6. The molecule has 0 bridgehead atoms. The number of aliphatic carboxylic acids is 1. The predicted octanol–water partition coefficient (Wildman–Crippen LogP) is -0.743. The highest BCUT2D eigenvalue weighted by atomic mass is 16.4. The zero-order valence-electron chi connectivity index (χ0n) is 16.6. The number of carboxylic acid groups (broad SMARTS) is 1. The zero-order valence-corrected chi connectivity index (χ0v) is 16.6. The largest absolute Gasteiger partial charge is 0.508 e. The van der Waals surface area contributed by atoms with Gasteiger partial charge in [-0.3, -0.25) is 9.59 Å². The number of hydrogen-bond donors (Lipinski definition) is 7. The Kier molecular flexibility index (Phi) is 8.35. The van der Waals surface area contributed by atoms with Gasteiger partial charge in [0.2, 0.25) is 11.8 Å². The molecule has 0 aromatic heterocycles. The Bertz CT molecular complexity index is 900. The summed E-state index contributed by atoms with van der Waals surface area (Å²) in [5, 5.41) is 42.2. The quantitative estimate of drug-likeness (QED) is 0.256. The van der Waals surface area contributed by atoms with Crippen LogP contribution in [0.25, 0.3) is 0 Å². The number of carbonyl (C=O) groups excluding carboxylic acids is 2. The van der Waals surface area contributed by atoms with Crippen molar-refractivity contribution in [3.05, 3.63) is 59.7 Å². The van der Waals surface area contributed by atoms with Crippen LogP contribution in [0.4, 0.5) is 0 Å². The molecule has 2 amide bonds. The fourth-order valence-electron chi connectivity index (χ4n) is 2.78. The van der Waals surface area contributed by atoms with E-state index >= 15 is 0 Å². The molecule has 0 fully saturated rings. The maximum absolute atomic E-state index is 12.8. The Hall–Kier alpha value is -3.63. The summed E-state index contributed by atoms with van der Waals surface area (Å²) in [6.45, 7) is -0.627. The molecule has 10 nitrogen and oxygen atoms in total. The molecular formula is C21H25N3O7. The van der Waals surface area contributed by atoms with Crippen molar-refractivity contribution >= 4 is 17.8 Å². The van der Waals surface area contributed by atoms with Gasteiger partial charge in [0, 0.05) is 12.8 Å². The minimum atomic E-state index is -1.29. The molecule has 0 saturated carbocycles. The van der Waals surface area contributed by atoms with Gasteiger partial charge in [-0.05, 0) is 35.4 Å². The first kappa shape index (κ1) is 23.6. The SMILES string of the molecule is N[C@@H](CO)C(=O)N[C@@H](Cc1ccc(O)cc1)C(=O)N[C@@H](Cc1ccc(O)cc1)C(=O)O. The number of nitrogens with one attached hydrogen (secondary N) is 2. The number of aromatic hydroxyl groups is 2. The van der Waals surface area contributed by atoms with Crippen molar-refractivity contribution < 1.29 is 34.8 Å². The van der Waals surface area contributed by atoms with Crippen LogP contribution in [0.2, 0.25) is 0 Å². The summed E-state index contributed by atoms with van der Waals surface area (Å²) in [5.41, 5.74) is 6.67. The zero-order chi connectivity index (χ0) is 23.0. The molecule has 31 heavy (non-hydrogen) atoms. The number of nitrogens with two attached hydrogens (primary N) is 1. The lowest BCUT2D eigenvalue weighted by atomic mass is 10.0. The smallest absolute Gasteiger partial charge is 0.326 e. The molecule has 10 heteroatoms. The second-order valence-electron chi connectivity index (χ2n) is 6.99. The average molecular weight is 431 g/mol. The van der Waals surface area contributed by atoms with Crippen molar-refractivity contribution in [1.29, 1.82) is 0 Å². The molecule has 0 heterocycles. The Morgan fingerprint density at radius 3 is 1.61 bits per heavy atom. The van der Waals surface area contributed by atoms with Crippen LogP contribution in [-0.2, 0) is 27.2 Å². The Balaban J connectivity index is 2.17. The van der Waals surface area contributed by atoms with Crippen molar-refractivity contribution in [1.82, 2.24) is 10.6 Å². The number of rotatable bonds is 10. The van der Waals surface area contributed by atoms with Crippen LogP contribution in [0.15, 0.2) is 48.5 Å². The molecule has 0 spiro atoms. The molecule has 2 aromatic carbocycles. The summed E-state index contributed by atoms with van der Waals surface area (Å²) in [6.07, 6.45) is -0.0427. The van der Waals surface area contributed by atoms with Crippen molar-refractivity contribution in [3.8, 4) is 11.5 Å². The Morgan fingerprint density at radius 1 is 0.774 bits per heavy atom. The van der Waals surface area contributed by atoms with Crippen molar-refractivity contribution in [2.24, 2.45) is 5.73 Å². The standard InChI is InChI=1S/C21H25N3O7/c22-16(11-25)19(28)23-17(9-12-1-5-14(26)6-2-12)20(29)24-18(21(30)31)10-13-3-7-15(27)8-4-13/h1-8,16-18,25-27H,9-11,22H2,(H,23,28)(H,24,29)(H,30,31)/t16-,17-,18-/m0/s1. The van der Waals surface area contributed by atoms with Gasteiger partial charge in [0.1, 0.15) is 29.6 Å². The van der Waals surface area contributed by atoms with E-state index in [9.17, 15) is 29.7 Å². The minimum absolute atomic E-state index is 0.00154. The highest BCUT2D eigenvalue weighted by Crippen LogP contribution is 2.13. The summed E-state index contributed by atoms with van der Waals surface area (Å²) in [5.74, 6) is -2.75. The van der Waals surface area contributed by atoms with Crippen LogP contribution in [0.3, 0.4) is 0 Å². The van der Waals surface area contributed by atoms with Crippen LogP contribution in [-0.4, -0.2) is 62.9 Å². The van der Waals surface area contributed by atoms with Gasteiger partial charge >= 0.3 is 5.97 Å². The lowest BCUT2D eigenvalue weighted by molar-refractivity contribution is -0.142. The van der Waals surface area contributed by atoms with Gasteiger partial charge in [0.15, 0.2) is 0 Å². The molecule has 166 valence electrons. The fourth-order valence-corrected chi connectivity index (χ4v) is 2.78. The van der Waals surface area contributed by atoms with Crippen molar-refractivity contribution in [2.45, 2.75) is 31.0 Å². The number of amides is 2. The first-order valence-electron chi connectivity index (χ1n) is 9.45. The molecule has 3 atom stereocenters. The van der Waals surface area contributed by atoms with E-state index in [1.165, 1.54) is 36.4 Å². The first-order valence-corrected chi connectivity index (χ1v) is 9.45. The second-order valence-corrected chi connectivity index (χ2v) is 6.99. The number of aliphatic hydroxyl groups excluding tert-OH is 1. The first-order chi connectivity index (χ1) is 14.7. The van der Waals surface area contributed by atoms with Gasteiger partial charge in [-0.2, -0.15) is 0 Å². The third-order valence-corrected chi connectivity index (χ3v) is 4.53. The lowest BCUT2D eigenvalue weighted by Crippen LogP contribution is -2.56. The Morgan fingerprint density at radius 2 is 1.19 bits per heavy atom. The highest BCUT2D eigenvalue weighted by molar-refractivity contribution is 5.92. The topological polar surface area (TPSA) is 182 Å². The molecule has 8 N–H and O–H groups in total.